The van der Waals surface area contributed by atoms with Gasteiger partial charge in [0.05, 0.1) is 12.3 Å². The number of rotatable bonds is 3. The second-order valence-electron chi connectivity index (χ2n) is 5.51. The molecule has 2 amide bonds. The summed E-state index contributed by atoms with van der Waals surface area (Å²) < 4.78 is 5.20. The third-order valence-electron chi connectivity index (χ3n) is 3.86. The van der Waals surface area contributed by atoms with Crippen LogP contribution < -0.4 is 5.32 Å². The van der Waals surface area contributed by atoms with Gasteiger partial charge in [-0.15, -0.1) is 0 Å². The molecule has 2 atom stereocenters. The van der Waals surface area contributed by atoms with Gasteiger partial charge in [0, 0.05) is 31.1 Å². The number of anilines is 1. The van der Waals surface area contributed by atoms with E-state index in [1.165, 1.54) is 18.2 Å². The molecule has 1 aromatic heterocycles. The summed E-state index contributed by atoms with van der Waals surface area (Å²) >= 11 is 0. The van der Waals surface area contributed by atoms with Crippen molar-refractivity contribution in [2.45, 2.75) is 25.5 Å². The predicted octanol–water partition coefficient (Wildman–Crippen LogP) is 1.26. The molecule has 7 nitrogen and oxygen atoms in total. The number of aromatic nitrogens is 1. The molecule has 0 spiro atoms. The Hall–Kier alpha value is -2.67. The van der Waals surface area contributed by atoms with Gasteiger partial charge in [0.15, 0.2) is 12.2 Å². The summed E-state index contributed by atoms with van der Waals surface area (Å²) in [6, 6.07) is 6.47. The Labute approximate surface area is 132 Å². The monoisotopic (exact) mass is 315 g/mol. The van der Waals surface area contributed by atoms with Crippen LogP contribution in [-0.4, -0.2) is 45.5 Å². The number of nitrogens with zero attached hydrogens (tertiary/aromatic N) is 2. The molecule has 120 valence electrons. The molecule has 0 unspecified atom stereocenters. The molecule has 7 heteroatoms. The van der Waals surface area contributed by atoms with Gasteiger partial charge < -0.3 is 19.7 Å². The summed E-state index contributed by atoms with van der Waals surface area (Å²) in [5.41, 5.74) is 1.46. The Bertz CT molecular complexity index is 697. The van der Waals surface area contributed by atoms with Crippen LogP contribution in [0.25, 0.3) is 11.3 Å². The Balaban J connectivity index is 1.69. The maximum absolute atomic E-state index is 12.3. The van der Waals surface area contributed by atoms with Crippen LogP contribution in [0.3, 0.4) is 0 Å². The topological polar surface area (TPSA) is 95.7 Å². The quantitative estimate of drug-likeness (QED) is 0.889. The maximum Gasteiger partial charge on any atom is 0.247 e. The van der Waals surface area contributed by atoms with Crippen LogP contribution in [0, 0.1) is 0 Å². The van der Waals surface area contributed by atoms with E-state index >= 15 is 0 Å². The lowest BCUT2D eigenvalue weighted by Crippen LogP contribution is -2.42. The summed E-state index contributed by atoms with van der Waals surface area (Å²) in [6.45, 7) is 1.59. The van der Waals surface area contributed by atoms with Crippen molar-refractivity contribution in [1.82, 2.24) is 9.88 Å². The van der Waals surface area contributed by atoms with E-state index in [2.05, 4.69) is 10.3 Å². The SMILES string of the molecule is CC(=O)N1C[C@@H](O)C[C@@H]1C(=O)Nc1ccc(-c2cnco2)cc1. The van der Waals surface area contributed by atoms with Crippen molar-refractivity contribution in [2.75, 3.05) is 11.9 Å². The zero-order valence-electron chi connectivity index (χ0n) is 12.6. The summed E-state index contributed by atoms with van der Waals surface area (Å²) in [5, 5.41) is 12.5. The molecular weight excluding hydrogens is 298 g/mol. The van der Waals surface area contributed by atoms with Crippen LogP contribution in [0.2, 0.25) is 0 Å². The lowest BCUT2D eigenvalue weighted by atomic mass is 10.1. The highest BCUT2D eigenvalue weighted by Gasteiger charge is 2.37. The van der Waals surface area contributed by atoms with Gasteiger partial charge in [0.25, 0.3) is 0 Å². The number of hydrogen-bond acceptors (Lipinski definition) is 5. The van der Waals surface area contributed by atoms with Crippen molar-refractivity contribution in [3.63, 3.8) is 0 Å². The number of carbonyl (C=O) groups is 2. The number of oxazole rings is 1. The van der Waals surface area contributed by atoms with Crippen LogP contribution >= 0.6 is 0 Å². The maximum atomic E-state index is 12.3. The minimum atomic E-state index is -0.663. The normalized spacial score (nSPS) is 20.5. The number of β-amino-alcohol motifs (C(OH)–C–C–N with tert-alkyl or cyclic N) is 1. The molecule has 3 rings (SSSR count). The summed E-state index contributed by atoms with van der Waals surface area (Å²) in [6.07, 6.45) is 2.55. The molecular formula is C16H17N3O4. The first kappa shape index (κ1) is 15.2. The van der Waals surface area contributed by atoms with Gasteiger partial charge in [0.2, 0.25) is 11.8 Å². The Kier molecular flexibility index (Phi) is 4.12. The van der Waals surface area contributed by atoms with Crippen molar-refractivity contribution >= 4 is 17.5 Å². The van der Waals surface area contributed by atoms with Gasteiger partial charge in [-0.2, -0.15) is 0 Å². The first-order chi connectivity index (χ1) is 11.0. The number of carbonyl (C=O) groups excluding carboxylic acids is 2. The molecule has 0 radical (unpaired) electrons. The highest BCUT2D eigenvalue weighted by atomic mass is 16.3. The number of amides is 2. The van der Waals surface area contributed by atoms with Crippen molar-refractivity contribution in [3.05, 3.63) is 36.9 Å². The van der Waals surface area contributed by atoms with E-state index in [1.54, 1.807) is 18.3 Å². The molecule has 23 heavy (non-hydrogen) atoms. The third kappa shape index (κ3) is 3.24. The zero-order chi connectivity index (χ0) is 16.4. The molecule has 0 saturated carbocycles. The van der Waals surface area contributed by atoms with Gasteiger partial charge in [-0.1, -0.05) is 0 Å². The smallest absolute Gasteiger partial charge is 0.247 e. The minimum Gasteiger partial charge on any atom is -0.444 e. The second kappa shape index (κ2) is 6.21. The van der Waals surface area contributed by atoms with Crippen molar-refractivity contribution in [1.29, 1.82) is 0 Å². The van der Waals surface area contributed by atoms with Gasteiger partial charge in [-0.3, -0.25) is 9.59 Å². The molecule has 0 aliphatic carbocycles. The fraction of sp³-hybridized carbons (Fsp3) is 0.312. The highest BCUT2D eigenvalue weighted by molar-refractivity contribution is 5.97. The number of nitrogens with one attached hydrogen (secondary N) is 1. The number of benzene rings is 1. The van der Waals surface area contributed by atoms with E-state index in [1.807, 2.05) is 12.1 Å². The van der Waals surface area contributed by atoms with Crippen molar-refractivity contribution in [3.8, 4) is 11.3 Å². The lowest BCUT2D eigenvalue weighted by Gasteiger charge is -2.22. The molecule has 2 heterocycles. The Morgan fingerprint density at radius 2 is 2.09 bits per heavy atom. The van der Waals surface area contributed by atoms with Gasteiger partial charge in [0.1, 0.15) is 6.04 Å². The zero-order valence-corrected chi connectivity index (χ0v) is 12.6. The van der Waals surface area contributed by atoms with E-state index in [0.29, 0.717) is 11.4 Å². The van der Waals surface area contributed by atoms with Crippen molar-refractivity contribution < 1.29 is 19.1 Å². The third-order valence-corrected chi connectivity index (χ3v) is 3.86. The number of aliphatic hydroxyl groups is 1. The average molecular weight is 315 g/mol. The standard InChI is InChI=1S/C16H17N3O4/c1-10(20)19-8-13(21)6-14(19)16(22)18-12-4-2-11(3-5-12)15-7-17-9-23-15/h2-5,7,9,13-14,21H,6,8H2,1H3,(H,18,22)/t13-,14+/m0/s1. The van der Waals surface area contributed by atoms with E-state index < -0.39 is 12.1 Å². The van der Waals surface area contributed by atoms with Crippen LogP contribution in [0.1, 0.15) is 13.3 Å². The van der Waals surface area contributed by atoms with Gasteiger partial charge in [-0.05, 0) is 24.3 Å². The van der Waals surface area contributed by atoms with Crippen LogP contribution in [0.15, 0.2) is 41.3 Å². The predicted molar refractivity (Wildman–Crippen MR) is 82.4 cm³/mol. The molecule has 2 N–H and O–H groups in total. The second-order valence-corrected chi connectivity index (χ2v) is 5.51. The number of likely N-dealkylation sites (tertiary alicyclic amines) is 1. The van der Waals surface area contributed by atoms with Crippen LogP contribution in [0.4, 0.5) is 5.69 Å². The fourth-order valence-corrected chi connectivity index (χ4v) is 2.71. The number of aliphatic hydroxyl groups excluding tert-OH is 1. The molecule has 1 aliphatic rings. The summed E-state index contributed by atoms with van der Waals surface area (Å²) in [5.74, 6) is 0.121. The van der Waals surface area contributed by atoms with Crippen LogP contribution in [-0.2, 0) is 9.59 Å². The highest BCUT2D eigenvalue weighted by Crippen LogP contribution is 2.23. The van der Waals surface area contributed by atoms with Gasteiger partial charge in [-0.25, -0.2) is 4.98 Å². The molecule has 2 aromatic rings. The first-order valence-electron chi connectivity index (χ1n) is 7.29. The molecule has 0 bridgehead atoms. The fourth-order valence-electron chi connectivity index (χ4n) is 2.71. The summed E-state index contributed by atoms with van der Waals surface area (Å²) in [7, 11) is 0. The van der Waals surface area contributed by atoms with Gasteiger partial charge >= 0.3 is 0 Å². The average Bonchev–Trinajstić information content (AvgIpc) is 3.17. The number of hydrogen-bond donors (Lipinski definition) is 2. The first-order valence-corrected chi connectivity index (χ1v) is 7.29. The Morgan fingerprint density at radius 3 is 2.70 bits per heavy atom. The van der Waals surface area contributed by atoms with Crippen molar-refractivity contribution in [2.24, 2.45) is 0 Å². The lowest BCUT2D eigenvalue weighted by molar-refractivity contribution is -0.134. The van der Waals surface area contributed by atoms with E-state index in [-0.39, 0.29) is 24.8 Å². The van der Waals surface area contributed by atoms with Crippen LogP contribution in [0.5, 0.6) is 0 Å². The largest absolute Gasteiger partial charge is 0.444 e. The van der Waals surface area contributed by atoms with E-state index in [0.717, 1.165) is 5.56 Å². The molecule has 1 aromatic carbocycles. The summed E-state index contributed by atoms with van der Waals surface area (Å²) in [4.78, 5) is 29.1. The molecule has 1 saturated heterocycles. The molecule has 1 aliphatic heterocycles. The minimum absolute atomic E-state index is 0.192. The Morgan fingerprint density at radius 1 is 1.35 bits per heavy atom. The van der Waals surface area contributed by atoms with E-state index in [4.69, 9.17) is 4.42 Å². The molecule has 1 fully saturated rings. The van der Waals surface area contributed by atoms with E-state index in [9.17, 15) is 14.7 Å².